The Labute approximate surface area is 115 Å². The standard InChI is InChI=1S/C13H18BrFN2O/c1-9(7-16)8-17(2)13(18)6-10-5-11(14)3-4-12(10)15/h3-5,9H,6-8,16H2,1-2H3. The van der Waals surface area contributed by atoms with Crippen LogP contribution in [-0.4, -0.2) is 30.9 Å². The van der Waals surface area contributed by atoms with Gasteiger partial charge in [-0.1, -0.05) is 22.9 Å². The van der Waals surface area contributed by atoms with Gasteiger partial charge in [-0.2, -0.15) is 0 Å². The molecule has 100 valence electrons. The van der Waals surface area contributed by atoms with Crippen LogP contribution in [0, 0.1) is 11.7 Å². The molecule has 1 aromatic carbocycles. The lowest BCUT2D eigenvalue weighted by Gasteiger charge is -2.20. The van der Waals surface area contributed by atoms with Crippen molar-refractivity contribution in [2.24, 2.45) is 11.7 Å². The molecule has 0 aliphatic rings. The van der Waals surface area contributed by atoms with Gasteiger partial charge in [0.05, 0.1) is 6.42 Å². The maximum Gasteiger partial charge on any atom is 0.226 e. The highest BCUT2D eigenvalue weighted by Crippen LogP contribution is 2.16. The number of hydrogen-bond donors (Lipinski definition) is 1. The van der Waals surface area contributed by atoms with E-state index in [0.29, 0.717) is 18.7 Å². The molecular weight excluding hydrogens is 299 g/mol. The van der Waals surface area contributed by atoms with Gasteiger partial charge in [-0.25, -0.2) is 4.39 Å². The highest BCUT2D eigenvalue weighted by molar-refractivity contribution is 9.10. The Morgan fingerprint density at radius 1 is 1.56 bits per heavy atom. The second-order valence-electron chi connectivity index (χ2n) is 4.53. The van der Waals surface area contributed by atoms with Gasteiger partial charge < -0.3 is 10.6 Å². The number of likely N-dealkylation sites (N-methyl/N-ethyl adjacent to an activating group) is 1. The lowest BCUT2D eigenvalue weighted by Crippen LogP contribution is -2.34. The quantitative estimate of drug-likeness (QED) is 0.905. The molecule has 1 rings (SSSR count). The number of benzene rings is 1. The first kappa shape index (κ1) is 15.1. The summed E-state index contributed by atoms with van der Waals surface area (Å²) in [5.41, 5.74) is 5.92. The van der Waals surface area contributed by atoms with Gasteiger partial charge in [-0.3, -0.25) is 4.79 Å². The second-order valence-corrected chi connectivity index (χ2v) is 5.44. The molecule has 0 spiro atoms. The van der Waals surface area contributed by atoms with Gasteiger partial charge in [0.25, 0.3) is 0 Å². The smallest absolute Gasteiger partial charge is 0.226 e. The lowest BCUT2D eigenvalue weighted by molar-refractivity contribution is -0.129. The van der Waals surface area contributed by atoms with Crippen molar-refractivity contribution in [2.45, 2.75) is 13.3 Å². The Kier molecular flexibility index (Phi) is 5.75. The second kappa shape index (κ2) is 6.85. The minimum Gasteiger partial charge on any atom is -0.345 e. The lowest BCUT2D eigenvalue weighted by atomic mass is 10.1. The highest BCUT2D eigenvalue weighted by Gasteiger charge is 2.14. The Hall–Kier alpha value is -0.940. The molecule has 18 heavy (non-hydrogen) atoms. The monoisotopic (exact) mass is 316 g/mol. The molecule has 1 unspecified atom stereocenters. The average Bonchev–Trinajstić information content (AvgIpc) is 2.33. The molecule has 0 bridgehead atoms. The number of carbonyl (C=O) groups is 1. The molecule has 1 atom stereocenters. The highest BCUT2D eigenvalue weighted by atomic mass is 79.9. The van der Waals surface area contributed by atoms with Crippen molar-refractivity contribution < 1.29 is 9.18 Å². The topological polar surface area (TPSA) is 46.3 Å². The van der Waals surface area contributed by atoms with Crippen LogP contribution in [0.4, 0.5) is 4.39 Å². The largest absolute Gasteiger partial charge is 0.345 e. The van der Waals surface area contributed by atoms with E-state index in [-0.39, 0.29) is 24.1 Å². The first-order chi connectivity index (χ1) is 8.43. The van der Waals surface area contributed by atoms with Gasteiger partial charge in [0.2, 0.25) is 5.91 Å². The Morgan fingerprint density at radius 2 is 2.22 bits per heavy atom. The van der Waals surface area contributed by atoms with Gasteiger partial charge in [0.15, 0.2) is 0 Å². The van der Waals surface area contributed by atoms with Gasteiger partial charge in [-0.05, 0) is 36.2 Å². The summed E-state index contributed by atoms with van der Waals surface area (Å²) < 4.78 is 14.3. The zero-order valence-corrected chi connectivity index (χ0v) is 12.2. The number of hydrogen-bond acceptors (Lipinski definition) is 2. The number of halogens is 2. The maximum absolute atomic E-state index is 13.5. The third kappa shape index (κ3) is 4.38. The molecule has 0 fully saturated rings. The van der Waals surface area contributed by atoms with Crippen molar-refractivity contribution >= 4 is 21.8 Å². The molecule has 3 nitrogen and oxygen atoms in total. The van der Waals surface area contributed by atoms with E-state index in [1.54, 1.807) is 24.1 Å². The summed E-state index contributed by atoms with van der Waals surface area (Å²) in [5.74, 6) is -0.217. The minimum atomic E-state index is -0.355. The SMILES string of the molecule is CC(CN)CN(C)C(=O)Cc1cc(Br)ccc1F. The summed E-state index contributed by atoms with van der Waals surface area (Å²) in [6.45, 7) is 3.09. The van der Waals surface area contributed by atoms with Crippen molar-refractivity contribution in [2.75, 3.05) is 20.1 Å². The van der Waals surface area contributed by atoms with Crippen LogP contribution in [0.5, 0.6) is 0 Å². The molecule has 5 heteroatoms. The van der Waals surface area contributed by atoms with E-state index in [4.69, 9.17) is 5.73 Å². The number of rotatable bonds is 5. The van der Waals surface area contributed by atoms with Gasteiger partial charge >= 0.3 is 0 Å². The number of carbonyl (C=O) groups excluding carboxylic acids is 1. The first-order valence-electron chi connectivity index (χ1n) is 5.82. The van der Waals surface area contributed by atoms with Crippen molar-refractivity contribution in [1.82, 2.24) is 4.90 Å². The van der Waals surface area contributed by atoms with Crippen LogP contribution < -0.4 is 5.73 Å². The van der Waals surface area contributed by atoms with Crippen LogP contribution in [0.15, 0.2) is 22.7 Å². The normalized spacial score (nSPS) is 12.3. The number of nitrogens with zero attached hydrogens (tertiary/aromatic N) is 1. The predicted octanol–water partition coefficient (Wildman–Crippen LogP) is 2.18. The molecule has 0 aliphatic carbocycles. The number of amides is 1. The maximum atomic E-state index is 13.5. The van der Waals surface area contributed by atoms with E-state index in [1.165, 1.54) is 6.07 Å². The minimum absolute atomic E-state index is 0.0685. The fraction of sp³-hybridized carbons (Fsp3) is 0.462. The third-order valence-electron chi connectivity index (χ3n) is 2.76. The van der Waals surface area contributed by atoms with Crippen LogP contribution >= 0.6 is 15.9 Å². The van der Waals surface area contributed by atoms with E-state index in [9.17, 15) is 9.18 Å². The van der Waals surface area contributed by atoms with Crippen molar-refractivity contribution in [1.29, 1.82) is 0 Å². The zero-order chi connectivity index (χ0) is 13.7. The fourth-order valence-electron chi connectivity index (χ4n) is 1.62. The van der Waals surface area contributed by atoms with Crippen LogP contribution in [0.2, 0.25) is 0 Å². The number of nitrogens with two attached hydrogens (primary N) is 1. The van der Waals surface area contributed by atoms with E-state index < -0.39 is 0 Å². The third-order valence-corrected chi connectivity index (χ3v) is 3.26. The van der Waals surface area contributed by atoms with Gasteiger partial charge in [0.1, 0.15) is 5.82 Å². The predicted molar refractivity (Wildman–Crippen MR) is 73.7 cm³/mol. The molecular formula is C13H18BrFN2O. The molecule has 0 aromatic heterocycles. The molecule has 0 radical (unpaired) electrons. The van der Waals surface area contributed by atoms with E-state index in [1.807, 2.05) is 6.92 Å². The van der Waals surface area contributed by atoms with Crippen molar-refractivity contribution in [3.63, 3.8) is 0 Å². The van der Waals surface area contributed by atoms with Crippen LogP contribution in [0.25, 0.3) is 0 Å². The van der Waals surface area contributed by atoms with E-state index in [0.717, 1.165) is 4.47 Å². The Balaban J connectivity index is 2.66. The van der Waals surface area contributed by atoms with E-state index >= 15 is 0 Å². The van der Waals surface area contributed by atoms with E-state index in [2.05, 4.69) is 15.9 Å². The summed E-state index contributed by atoms with van der Waals surface area (Å²) in [7, 11) is 1.71. The fourth-order valence-corrected chi connectivity index (χ4v) is 2.03. The van der Waals surface area contributed by atoms with Gasteiger partial charge in [0, 0.05) is 18.1 Å². The Bertz CT molecular complexity index is 425. The molecule has 0 heterocycles. The summed E-state index contributed by atoms with van der Waals surface area (Å²) >= 11 is 3.27. The van der Waals surface area contributed by atoms with Crippen LogP contribution in [0.1, 0.15) is 12.5 Å². The summed E-state index contributed by atoms with van der Waals surface area (Å²) in [4.78, 5) is 13.5. The molecule has 1 aromatic rings. The molecule has 2 N–H and O–H groups in total. The average molecular weight is 317 g/mol. The molecule has 0 saturated carbocycles. The summed E-state index contributed by atoms with van der Waals surface area (Å²) in [5, 5.41) is 0. The van der Waals surface area contributed by atoms with Crippen LogP contribution in [-0.2, 0) is 11.2 Å². The van der Waals surface area contributed by atoms with Crippen molar-refractivity contribution in [3.05, 3.63) is 34.1 Å². The molecule has 1 amide bonds. The molecule has 0 saturated heterocycles. The first-order valence-corrected chi connectivity index (χ1v) is 6.61. The summed E-state index contributed by atoms with van der Waals surface area (Å²) in [6.07, 6.45) is 0.0685. The molecule has 0 aliphatic heterocycles. The van der Waals surface area contributed by atoms with Crippen LogP contribution in [0.3, 0.4) is 0 Å². The van der Waals surface area contributed by atoms with Gasteiger partial charge in [-0.15, -0.1) is 0 Å². The summed E-state index contributed by atoms with van der Waals surface area (Å²) in [6, 6.07) is 4.60. The Morgan fingerprint density at radius 3 is 2.83 bits per heavy atom. The zero-order valence-electron chi connectivity index (χ0n) is 10.6. The van der Waals surface area contributed by atoms with Crippen molar-refractivity contribution in [3.8, 4) is 0 Å².